The maximum Gasteiger partial charge on any atom is 0.243 e. The van der Waals surface area contributed by atoms with Gasteiger partial charge in [-0.15, -0.1) is 0 Å². The third-order valence-corrected chi connectivity index (χ3v) is 6.66. The smallest absolute Gasteiger partial charge is 0.243 e. The summed E-state index contributed by atoms with van der Waals surface area (Å²) in [7, 11) is -2.04. The quantitative estimate of drug-likeness (QED) is 0.824. The number of ether oxygens (including phenoxy) is 1. The molecule has 1 saturated heterocycles. The van der Waals surface area contributed by atoms with Crippen molar-refractivity contribution >= 4 is 21.6 Å². The zero-order chi connectivity index (χ0) is 19.3. The molecule has 1 atom stereocenters. The monoisotopic (exact) mass is 388 g/mol. The molecule has 0 spiro atoms. The van der Waals surface area contributed by atoms with Crippen LogP contribution >= 0.6 is 0 Å². The molecule has 0 saturated carbocycles. The van der Waals surface area contributed by atoms with E-state index in [0.717, 1.165) is 12.8 Å². The van der Waals surface area contributed by atoms with E-state index in [2.05, 4.69) is 5.32 Å². The van der Waals surface area contributed by atoms with Crippen LogP contribution in [0.4, 0.5) is 5.69 Å². The van der Waals surface area contributed by atoms with Crippen molar-refractivity contribution in [3.8, 4) is 5.75 Å². The van der Waals surface area contributed by atoms with Crippen molar-refractivity contribution in [3.05, 3.63) is 54.6 Å². The van der Waals surface area contributed by atoms with Gasteiger partial charge in [-0.2, -0.15) is 4.31 Å². The predicted molar refractivity (Wildman–Crippen MR) is 104 cm³/mol. The van der Waals surface area contributed by atoms with Gasteiger partial charge in [0.1, 0.15) is 5.75 Å². The largest absolute Gasteiger partial charge is 0.497 e. The van der Waals surface area contributed by atoms with Gasteiger partial charge in [-0.25, -0.2) is 8.42 Å². The van der Waals surface area contributed by atoms with Crippen LogP contribution in [0.15, 0.2) is 59.5 Å². The van der Waals surface area contributed by atoms with Crippen LogP contribution in [-0.2, 0) is 14.8 Å². The summed E-state index contributed by atoms with van der Waals surface area (Å²) in [6.45, 7) is 0.439. The fourth-order valence-corrected chi connectivity index (χ4v) is 5.06. The number of anilines is 1. The first-order chi connectivity index (χ1) is 13.0. The van der Waals surface area contributed by atoms with Crippen molar-refractivity contribution in [1.82, 2.24) is 4.31 Å². The summed E-state index contributed by atoms with van der Waals surface area (Å²) in [6, 6.07) is 15.2. The van der Waals surface area contributed by atoms with Crippen LogP contribution in [-0.4, -0.2) is 38.3 Å². The van der Waals surface area contributed by atoms with Gasteiger partial charge in [0.15, 0.2) is 0 Å². The van der Waals surface area contributed by atoms with Gasteiger partial charge in [-0.1, -0.05) is 30.7 Å². The fraction of sp³-hybridized carbons (Fsp3) is 0.350. The molecule has 27 heavy (non-hydrogen) atoms. The van der Waals surface area contributed by atoms with Gasteiger partial charge in [0.05, 0.1) is 12.0 Å². The minimum atomic E-state index is -3.61. The lowest BCUT2D eigenvalue weighted by atomic mass is 10.0. The van der Waals surface area contributed by atoms with E-state index < -0.39 is 10.0 Å². The summed E-state index contributed by atoms with van der Waals surface area (Å²) < 4.78 is 32.6. The lowest BCUT2D eigenvalue weighted by molar-refractivity contribution is -0.117. The summed E-state index contributed by atoms with van der Waals surface area (Å²) in [4.78, 5) is 12.8. The van der Waals surface area contributed by atoms with E-state index in [1.807, 2.05) is 0 Å². The highest BCUT2D eigenvalue weighted by atomic mass is 32.2. The molecule has 0 bridgehead atoms. The number of amides is 1. The maximum atomic E-state index is 13.0. The number of benzene rings is 2. The number of sulfonamides is 1. The van der Waals surface area contributed by atoms with E-state index in [1.165, 1.54) is 4.31 Å². The predicted octanol–water partition coefficient (Wildman–Crippen LogP) is 3.27. The highest BCUT2D eigenvalue weighted by Crippen LogP contribution is 2.27. The lowest BCUT2D eigenvalue weighted by Gasteiger charge is -2.34. The average Bonchev–Trinajstić information content (AvgIpc) is 2.69. The molecule has 1 N–H and O–H groups in total. The second-order valence-electron chi connectivity index (χ2n) is 6.56. The van der Waals surface area contributed by atoms with E-state index >= 15 is 0 Å². The summed E-state index contributed by atoms with van der Waals surface area (Å²) in [5, 5.41) is 2.84. The molecule has 1 aliphatic heterocycles. The first-order valence-electron chi connectivity index (χ1n) is 9.01. The van der Waals surface area contributed by atoms with E-state index in [-0.39, 0.29) is 23.3 Å². The first kappa shape index (κ1) is 19.4. The number of hydrogen-bond donors (Lipinski definition) is 1. The molecular weight excluding hydrogens is 364 g/mol. The summed E-state index contributed by atoms with van der Waals surface area (Å²) in [5.41, 5.74) is 0.632. The van der Waals surface area contributed by atoms with Crippen molar-refractivity contribution in [2.75, 3.05) is 19.0 Å². The minimum Gasteiger partial charge on any atom is -0.497 e. The number of nitrogens with one attached hydrogen (secondary N) is 1. The number of carbonyl (C=O) groups excluding carboxylic acids is 1. The molecule has 1 fully saturated rings. The van der Waals surface area contributed by atoms with Crippen LogP contribution in [0.3, 0.4) is 0 Å². The minimum absolute atomic E-state index is 0.128. The molecule has 0 aliphatic carbocycles. The lowest BCUT2D eigenvalue weighted by Crippen LogP contribution is -2.45. The molecule has 0 radical (unpaired) electrons. The van der Waals surface area contributed by atoms with Gasteiger partial charge in [-0.05, 0) is 37.1 Å². The molecule has 0 unspecified atom stereocenters. The van der Waals surface area contributed by atoms with E-state index in [4.69, 9.17) is 4.74 Å². The summed E-state index contributed by atoms with van der Waals surface area (Å²) >= 11 is 0. The number of hydrogen-bond acceptors (Lipinski definition) is 4. The van der Waals surface area contributed by atoms with Gasteiger partial charge >= 0.3 is 0 Å². The molecule has 2 aromatic rings. The molecule has 0 aromatic heterocycles. The zero-order valence-corrected chi connectivity index (χ0v) is 16.1. The molecule has 7 heteroatoms. The molecule has 1 heterocycles. The standard InChI is InChI=1S/C20H24N2O4S/c1-26-18-10-7-8-16(14-18)21-20(23)15-17-9-5-6-13-22(17)27(24,25)19-11-3-2-4-12-19/h2-4,7-8,10-12,14,17H,5-6,9,13,15H2,1H3,(H,21,23)/t17-/m1/s1. The molecular formula is C20H24N2O4S. The second kappa shape index (κ2) is 8.54. The molecule has 1 aliphatic rings. The van der Waals surface area contributed by atoms with Gasteiger partial charge in [0.2, 0.25) is 15.9 Å². The van der Waals surface area contributed by atoms with E-state index in [0.29, 0.717) is 24.4 Å². The van der Waals surface area contributed by atoms with Crippen molar-refractivity contribution in [1.29, 1.82) is 0 Å². The Morgan fingerprint density at radius 3 is 2.67 bits per heavy atom. The SMILES string of the molecule is COc1cccc(NC(=O)C[C@H]2CCCCN2S(=O)(=O)c2ccccc2)c1. The van der Waals surface area contributed by atoms with Crippen LogP contribution in [0, 0.1) is 0 Å². The number of rotatable bonds is 6. The zero-order valence-electron chi connectivity index (χ0n) is 15.3. The normalized spacial score (nSPS) is 18.0. The van der Waals surface area contributed by atoms with Crippen LogP contribution in [0.5, 0.6) is 5.75 Å². The number of piperidine rings is 1. The number of methoxy groups -OCH3 is 1. The number of nitrogens with zero attached hydrogens (tertiary/aromatic N) is 1. The third-order valence-electron chi connectivity index (χ3n) is 4.70. The summed E-state index contributed by atoms with van der Waals surface area (Å²) in [6.07, 6.45) is 2.53. The van der Waals surface area contributed by atoms with Crippen LogP contribution in [0.1, 0.15) is 25.7 Å². The Labute approximate surface area is 160 Å². The highest BCUT2D eigenvalue weighted by Gasteiger charge is 2.34. The second-order valence-corrected chi connectivity index (χ2v) is 8.45. The number of carbonyl (C=O) groups is 1. The van der Waals surface area contributed by atoms with Crippen LogP contribution in [0.25, 0.3) is 0 Å². The maximum absolute atomic E-state index is 13.0. The average molecular weight is 388 g/mol. The van der Waals surface area contributed by atoms with Crippen molar-refractivity contribution in [2.45, 2.75) is 36.6 Å². The van der Waals surface area contributed by atoms with Crippen molar-refractivity contribution in [3.63, 3.8) is 0 Å². The van der Waals surface area contributed by atoms with E-state index in [1.54, 1.807) is 61.7 Å². The van der Waals surface area contributed by atoms with Crippen molar-refractivity contribution < 1.29 is 17.9 Å². The van der Waals surface area contributed by atoms with Gasteiger partial charge in [0, 0.05) is 30.8 Å². The van der Waals surface area contributed by atoms with Gasteiger partial charge < -0.3 is 10.1 Å². The Kier molecular flexibility index (Phi) is 6.13. The van der Waals surface area contributed by atoms with Gasteiger partial charge in [-0.3, -0.25) is 4.79 Å². The van der Waals surface area contributed by atoms with E-state index in [9.17, 15) is 13.2 Å². The first-order valence-corrected chi connectivity index (χ1v) is 10.5. The molecule has 2 aromatic carbocycles. The molecule has 144 valence electrons. The Morgan fingerprint density at radius 2 is 1.93 bits per heavy atom. The Morgan fingerprint density at radius 1 is 1.15 bits per heavy atom. The fourth-order valence-electron chi connectivity index (χ4n) is 3.35. The van der Waals surface area contributed by atoms with Crippen molar-refractivity contribution in [2.24, 2.45) is 0 Å². The Hall–Kier alpha value is -2.38. The topological polar surface area (TPSA) is 75.7 Å². The highest BCUT2D eigenvalue weighted by molar-refractivity contribution is 7.89. The molecule has 3 rings (SSSR count). The third kappa shape index (κ3) is 4.67. The Balaban J connectivity index is 1.73. The van der Waals surface area contributed by atoms with Crippen LogP contribution < -0.4 is 10.1 Å². The molecule has 1 amide bonds. The summed E-state index contributed by atoms with van der Waals surface area (Å²) in [5.74, 6) is 0.446. The Bertz CT molecular complexity index is 884. The van der Waals surface area contributed by atoms with Crippen LogP contribution in [0.2, 0.25) is 0 Å². The molecule has 6 nitrogen and oxygen atoms in total. The van der Waals surface area contributed by atoms with Gasteiger partial charge in [0.25, 0.3) is 0 Å².